The van der Waals surface area contributed by atoms with Crippen LogP contribution in [0.3, 0.4) is 0 Å². The molecule has 0 radical (unpaired) electrons. The van der Waals surface area contributed by atoms with Gasteiger partial charge in [-0.15, -0.1) is 0 Å². The number of amides is 1. The third kappa shape index (κ3) is 5.13. The fourth-order valence-electron chi connectivity index (χ4n) is 4.89. The maximum Gasteiger partial charge on any atom is 0.305 e. The number of likely N-dealkylation sites (tertiary alicyclic amines) is 1. The zero-order valence-corrected chi connectivity index (χ0v) is 17.1. The van der Waals surface area contributed by atoms with Gasteiger partial charge in [-0.05, 0) is 63.6 Å². The molecule has 1 N–H and O–H groups in total. The van der Waals surface area contributed by atoms with E-state index >= 15 is 0 Å². The van der Waals surface area contributed by atoms with Crippen LogP contribution >= 0.6 is 0 Å². The number of esters is 1. The molecule has 0 spiro atoms. The first kappa shape index (κ1) is 20.8. The molecule has 3 rings (SSSR count). The van der Waals surface area contributed by atoms with Gasteiger partial charge in [0.05, 0.1) is 7.11 Å². The molecule has 1 aliphatic heterocycles. The monoisotopic (exact) mass is 386 g/mol. The van der Waals surface area contributed by atoms with Crippen molar-refractivity contribution in [3.05, 3.63) is 35.9 Å². The lowest BCUT2D eigenvalue weighted by molar-refractivity contribution is -0.140. The second-order valence-electron chi connectivity index (χ2n) is 8.22. The van der Waals surface area contributed by atoms with Crippen molar-refractivity contribution in [3.63, 3.8) is 0 Å². The summed E-state index contributed by atoms with van der Waals surface area (Å²) in [4.78, 5) is 26.1. The van der Waals surface area contributed by atoms with E-state index < -0.39 is 0 Å². The number of nitrogens with zero attached hydrogens (tertiary/aromatic N) is 1. The number of carbonyl (C=O) groups excluding carboxylic acids is 2. The predicted molar refractivity (Wildman–Crippen MR) is 110 cm³/mol. The van der Waals surface area contributed by atoms with E-state index in [2.05, 4.69) is 45.3 Å². The van der Waals surface area contributed by atoms with Gasteiger partial charge in [0.25, 0.3) is 0 Å². The number of nitrogens with one attached hydrogen (secondary N) is 1. The van der Waals surface area contributed by atoms with E-state index in [1.54, 1.807) is 0 Å². The molecular weight excluding hydrogens is 352 g/mol. The van der Waals surface area contributed by atoms with Crippen LogP contribution in [0.15, 0.2) is 30.3 Å². The van der Waals surface area contributed by atoms with E-state index in [0.29, 0.717) is 19.3 Å². The van der Waals surface area contributed by atoms with Crippen LogP contribution in [-0.2, 0) is 19.9 Å². The zero-order valence-electron chi connectivity index (χ0n) is 17.1. The van der Waals surface area contributed by atoms with Gasteiger partial charge in [-0.3, -0.25) is 14.5 Å². The third-order valence-corrected chi connectivity index (χ3v) is 6.46. The summed E-state index contributed by atoms with van der Waals surface area (Å²) in [7, 11) is 1.38. The Hall–Kier alpha value is -1.88. The van der Waals surface area contributed by atoms with Crippen molar-refractivity contribution in [2.24, 2.45) is 0 Å². The summed E-state index contributed by atoms with van der Waals surface area (Å²) in [5, 5.41) is 3.19. The van der Waals surface area contributed by atoms with Gasteiger partial charge in [0, 0.05) is 24.4 Å². The summed E-state index contributed by atoms with van der Waals surface area (Å²) in [6.07, 6.45) is 9.35. The van der Waals surface area contributed by atoms with Crippen LogP contribution in [0.2, 0.25) is 0 Å². The highest BCUT2D eigenvalue weighted by molar-refractivity contribution is 5.77. The molecule has 28 heavy (non-hydrogen) atoms. The molecule has 0 atom stereocenters. The Morgan fingerprint density at radius 1 is 1.07 bits per heavy atom. The first-order valence-electron chi connectivity index (χ1n) is 10.8. The van der Waals surface area contributed by atoms with E-state index in [4.69, 9.17) is 0 Å². The first-order chi connectivity index (χ1) is 13.6. The summed E-state index contributed by atoms with van der Waals surface area (Å²) < 4.78 is 4.63. The van der Waals surface area contributed by atoms with Crippen LogP contribution in [0.4, 0.5) is 0 Å². The molecule has 154 valence electrons. The van der Waals surface area contributed by atoms with Crippen LogP contribution in [0.1, 0.15) is 69.8 Å². The number of piperidine rings is 1. The molecule has 2 fully saturated rings. The summed E-state index contributed by atoms with van der Waals surface area (Å²) in [5.74, 6) is -0.196. The van der Waals surface area contributed by atoms with Crippen molar-refractivity contribution in [2.75, 3.05) is 20.2 Å². The molecule has 0 unspecified atom stereocenters. The molecule has 2 aliphatic rings. The van der Waals surface area contributed by atoms with Crippen LogP contribution in [-0.4, -0.2) is 43.0 Å². The maximum atomic E-state index is 12.2. The van der Waals surface area contributed by atoms with E-state index in [0.717, 1.165) is 25.7 Å². The first-order valence-corrected chi connectivity index (χ1v) is 10.8. The Kier molecular flexibility index (Phi) is 7.49. The summed E-state index contributed by atoms with van der Waals surface area (Å²) >= 11 is 0. The smallest absolute Gasteiger partial charge is 0.305 e. The van der Waals surface area contributed by atoms with Crippen LogP contribution in [0.5, 0.6) is 0 Å². The molecule has 1 saturated carbocycles. The fraction of sp³-hybridized carbons (Fsp3) is 0.652. The molecule has 1 aromatic rings. The highest BCUT2D eigenvalue weighted by Gasteiger charge is 2.42. The van der Waals surface area contributed by atoms with Gasteiger partial charge in [0.15, 0.2) is 0 Å². The van der Waals surface area contributed by atoms with E-state index in [9.17, 15) is 9.59 Å². The largest absolute Gasteiger partial charge is 0.469 e. The molecule has 1 saturated heterocycles. The molecule has 5 heteroatoms. The molecule has 5 nitrogen and oxygen atoms in total. The lowest BCUT2D eigenvalue weighted by Crippen LogP contribution is -2.53. The average Bonchev–Trinajstić information content (AvgIpc) is 2.75. The maximum absolute atomic E-state index is 12.2. The third-order valence-electron chi connectivity index (χ3n) is 6.46. The highest BCUT2D eigenvalue weighted by Crippen LogP contribution is 2.43. The standard InChI is InChI=1S/C23H34N2O3/c1-28-22(27)12-8-11-21(26)24-20-13-15-23(16-14-20,19-9-4-2-5-10-19)25-17-6-3-7-18-25/h2,4-5,9-10,20H,3,6-8,11-18H2,1H3,(H,24,26). The topological polar surface area (TPSA) is 58.6 Å². The minimum absolute atomic E-state index is 0.0547. The normalized spacial score (nSPS) is 25.8. The predicted octanol–water partition coefficient (Wildman–Crippen LogP) is 3.77. The molecule has 1 aliphatic carbocycles. The summed E-state index contributed by atoms with van der Waals surface area (Å²) in [6, 6.07) is 11.2. The number of benzene rings is 1. The molecular formula is C23H34N2O3. The fourth-order valence-corrected chi connectivity index (χ4v) is 4.89. The number of hydrogen-bond donors (Lipinski definition) is 1. The number of methoxy groups -OCH3 is 1. The minimum atomic E-state index is -0.250. The van der Waals surface area contributed by atoms with Crippen molar-refractivity contribution in [1.82, 2.24) is 10.2 Å². The van der Waals surface area contributed by atoms with Crippen LogP contribution in [0, 0.1) is 0 Å². The van der Waals surface area contributed by atoms with Gasteiger partial charge in [-0.1, -0.05) is 36.8 Å². The number of hydrogen-bond acceptors (Lipinski definition) is 4. The van der Waals surface area contributed by atoms with Crippen molar-refractivity contribution >= 4 is 11.9 Å². The van der Waals surface area contributed by atoms with Crippen molar-refractivity contribution in [2.45, 2.75) is 75.8 Å². The van der Waals surface area contributed by atoms with Gasteiger partial charge in [-0.2, -0.15) is 0 Å². The number of ether oxygens (including phenoxy) is 1. The lowest BCUT2D eigenvalue weighted by Gasteiger charge is -2.50. The summed E-state index contributed by atoms with van der Waals surface area (Å²) in [6.45, 7) is 2.36. The minimum Gasteiger partial charge on any atom is -0.469 e. The van der Waals surface area contributed by atoms with Gasteiger partial charge >= 0.3 is 5.97 Å². The zero-order chi connectivity index (χ0) is 19.8. The van der Waals surface area contributed by atoms with Crippen LogP contribution < -0.4 is 5.32 Å². The Morgan fingerprint density at radius 3 is 2.39 bits per heavy atom. The highest BCUT2D eigenvalue weighted by atomic mass is 16.5. The van der Waals surface area contributed by atoms with Gasteiger partial charge in [0.2, 0.25) is 5.91 Å². The summed E-state index contributed by atoms with van der Waals surface area (Å²) in [5.41, 5.74) is 1.55. The quantitative estimate of drug-likeness (QED) is 0.725. The van der Waals surface area contributed by atoms with Gasteiger partial charge < -0.3 is 10.1 Å². The molecule has 0 aromatic heterocycles. The molecule has 1 heterocycles. The molecule has 1 amide bonds. The Morgan fingerprint density at radius 2 is 1.75 bits per heavy atom. The van der Waals surface area contributed by atoms with Gasteiger partial charge in [0.1, 0.15) is 0 Å². The Labute approximate surface area is 168 Å². The second kappa shape index (κ2) is 10.1. The lowest BCUT2D eigenvalue weighted by atomic mass is 9.73. The van der Waals surface area contributed by atoms with Crippen molar-refractivity contribution < 1.29 is 14.3 Å². The molecule has 0 bridgehead atoms. The Balaban J connectivity index is 1.57. The SMILES string of the molecule is COC(=O)CCCC(=O)NC1CCC(c2ccccc2)(N2CCCCC2)CC1. The second-order valence-corrected chi connectivity index (χ2v) is 8.22. The van der Waals surface area contributed by atoms with Crippen molar-refractivity contribution in [1.29, 1.82) is 0 Å². The number of rotatable bonds is 7. The molecule has 1 aromatic carbocycles. The van der Waals surface area contributed by atoms with Gasteiger partial charge in [-0.25, -0.2) is 0 Å². The van der Waals surface area contributed by atoms with E-state index in [1.165, 1.54) is 45.0 Å². The Bertz CT molecular complexity index is 633. The number of carbonyl (C=O) groups is 2. The van der Waals surface area contributed by atoms with Crippen LogP contribution in [0.25, 0.3) is 0 Å². The van der Waals surface area contributed by atoms with E-state index in [-0.39, 0.29) is 23.5 Å². The van der Waals surface area contributed by atoms with Crippen molar-refractivity contribution in [3.8, 4) is 0 Å². The average molecular weight is 387 g/mol. The van der Waals surface area contributed by atoms with E-state index in [1.807, 2.05) is 0 Å².